The molecule has 0 atom stereocenters. The van der Waals surface area contributed by atoms with Crippen LogP contribution in [0.5, 0.6) is 0 Å². The number of nitrogens with zero attached hydrogens (tertiary/aromatic N) is 1. The number of rotatable bonds is 6. The second-order valence-electron chi connectivity index (χ2n) is 4.37. The lowest BCUT2D eigenvalue weighted by atomic mass is 10.1. The molecule has 2 rings (SSSR count). The van der Waals surface area contributed by atoms with E-state index in [9.17, 15) is 0 Å². The highest BCUT2D eigenvalue weighted by Crippen LogP contribution is 2.13. The van der Waals surface area contributed by atoms with Gasteiger partial charge in [-0.25, -0.2) is 4.98 Å². The van der Waals surface area contributed by atoms with E-state index in [0.717, 1.165) is 36.6 Å². The van der Waals surface area contributed by atoms with Crippen LogP contribution in [0.15, 0.2) is 30.5 Å². The van der Waals surface area contributed by atoms with Crippen molar-refractivity contribution >= 4 is 5.69 Å². The van der Waals surface area contributed by atoms with Gasteiger partial charge in [0.2, 0.25) is 0 Å². The van der Waals surface area contributed by atoms with Gasteiger partial charge in [0.25, 0.3) is 0 Å². The zero-order valence-electron chi connectivity index (χ0n) is 10.6. The molecular formula is C14H19N3O. The molecule has 4 heteroatoms. The second kappa shape index (κ2) is 6.21. The summed E-state index contributed by atoms with van der Waals surface area (Å²) in [4.78, 5) is 7.35. The summed E-state index contributed by atoms with van der Waals surface area (Å²) in [6.45, 7) is 2.92. The standard InChI is InChI=1S/C14H19N3O/c1-11-15-9-14(17-11)10-16-13-6-2-4-12(8-13)5-3-7-18/h2,4,6,8-9,16,18H,3,5,7,10H2,1H3,(H,15,17). The lowest BCUT2D eigenvalue weighted by molar-refractivity contribution is 0.288. The summed E-state index contributed by atoms with van der Waals surface area (Å²) >= 11 is 0. The number of hydrogen-bond donors (Lipinski definition) is 3. The average Bonchev–Trinajstić information content (AvgIpc) is 2.80. The molecule has 0 radical (unpaired) electrons. The van der Waals surface area contributed by atoms with Gasteiger partial charge in [-0.15, -0.1) is 0 Å². The third-order valence-corrected chi connectivity index (χ3v) is 2.79. The summed E-state index contributed by atoms with van der Waals surface area (Å²) in [6, 6.07) is 8.29. The SMILES string of the molecule is Cc1ncc(CNc2cccc(CCCO)c2)[nH]1. The van der Waals surface area contributed by atoms with Gasteiger partial charge in [-0.05, 0) is 37.5 Å². The van der Waals surface area contributed by atoms with Crippen LogP contribution in [0.4, 0.5) is 5.69 Å². The first-order valence-corrected chi connectivity index (χ1v) is 6.22. The lowest BCUT2D eigenvalue weighted by Gasteiger charge is -2.07. The minimum absolute atomic E-state index is 0.241. The summed E-state index contributed by atoms with van der Waals surface area (Å²) in [6.07, 6.45) is 3.57. The smallest absolute Gasteiger partial charge is 0.103 e. The molecule has 0 aliphatic rings. The summed E-state index contributed by atoms with van der Waals surface area (Å²) in [7, 11) is 0. The molecule has 2 aromatic rings. The van der Waals surface area contributed by atoms with E-state index in [2.05, 4.69) is 27.4 Å². The fourth-order valence-corrected chi connectivity index (χ4v) is 1.88. The third kappa shape index (κ3) is 3.60. The van der Waals surface area contributed by atoms with Crippen LogP contribution >= 0.6 is 0 Å². The van der Waals surface area contributed by atoms with Crippen LogP contribution in [0.3, 0.4) is 0 Å². The van der Waals surface area contributed by atoms with Crippen LogP contribution in [-0.2, 0) is 13.0 Å². The number of H-pyrrole nitrogens is 1. The molecule has 0 saturated carbocycles. The van der Waals surface area contributed by atoms with Crippen LogP contribution < -0.4 is 5.32 Å². The molecule has 0 fully saturated rings. The van der Waals surface area contributed by atoms with Crippen LogP contribution in [0.25, 0.3) is 0 Å². The fourth-order valence-electron chi connectivity index (χ4n) is 1.88. The van der Waals surface area contributed by atoms with Gasteiger partial charge < -0.3 is 15.4 Å². The minimum atomic E-state index is 0.241. The Morgan fingerprint density at radius 2 is 2.28 bits per heavy atom. The van der Waals surface area contributed by atoms with Crippen LogP contribution in [0.1, 0.15) is 23.5 Å². The number of aliphatic hydroxyl groups is 1. The quantitative estimate of drug-likeness (QED) is 0.731. The molecule has 18 heavy (non-hydrogen) atoms. The summed E-state index contributed by atoms with van der Waals surface area (Å²) < 4.78 is 0. The Morgan fingerprint density at radius 1 is 1.39 bits per heavy atom. The monoisotopic (exact) mass is 245 g/mol. The van der Waals surface area contributed by atoms with Crippen molar-refractivity contribution < 1.29 is 5.11 Å². The Labute approximate surface area is 107 Å². The second-order valence-corrected chi connectivity index (χ2v) is 4.37. The number of aromatic nitrogens is 2. The number of aryl methyl sites for hydroxylation is 2. The van der Waals surface area contributed by atoms with Gasteiger partial charge in [0.1, 0.15) is 5.82 Å². The molecule has 0 aliphatic carbocycles. The van der Waals surface area contributed by atoms with E-state index >= 15 is 0 Å². The van der Waals surface area contributed by atoms with Crippen LogP contribution in [-0.4, -0.2) is 21.7 Å². The van der Waals surface area contributed by atoms with Crippen molar-refractivity contribution in [3.8, 4) is 0 Å². The minimum Gasteiger partial charge on any atom is -0.396 e. The first-order chi connectivity index (χ1) is 8.78. The summed E-state index contributed by atoms with van der Waals surface area (Å²) in [5.74, 6) is 0.934. The van der Waals surface area contributed by atoms with E-state index in [1.165, 1.54) is 5.56 Å². The number of aliphatic hydroxyl groups excluding tert-OH is 1. The molecule has 4 nitrogen and oxygen atoms in total. The van der Waals surface area contributed by atoms with Gasteiger partial charge in [0.15, 0.2) is 0 Å². The number of aromatic amines is 1. The van der Waals surface area contributed by atoms with Crippen molar-refractivity contribution in [2.75, 3.05) is 11.9 Å². The molecular weight excluding hydrogens is 226 g/mol. The number of imidazole rings is 1. The number of nitrogens with one attached hydrogen (secondary N) is 2. The van der Waals surface area contributed by atoms with Crippen molar-refractivity contribution in [1.29, 1.82) is 0 Å². The van der Waals surface area contributed by atoms with Crippen molar-refractivity contribution in [3.05, 3.63) is 47.5 Å². The third-order valence-electron chi connectivity index (χ3n) is 2.79. The number of benzene rings is 1. The van der Waals surface area contributed by atoms with Gasteiger partial charge in [-0.2, -0.15) is 0 Å². The predicted molar refractivity (Wildman–Crippen MR) is 72.5 cm³/mol. The van der Waals surface area contributed by atoms with E-state index < -0.39 is 0 Å². The predicted octanol–water partition coefficient (Wildman–Crippen LogP) is 2.26. The highest BCUT2D eigenvalue weighted by molar-refractivity contribution is 5.45. The molecule has 0 bridgehead atoms. The van der Waals surface area contributed by atoms with Gasteiger partial charge in [0.05, 0.1) is 18.4 Å². The van der Waals surface area contributed by atoms with E-state index in [1.54, 1.807) is 0 Å². The highest BCUT2D eigenvalue weighted by Gasteiger charge is 1.98. The number of hydrogen-bond acceptors (Lipinski definition) is 3. The molecule has 96 valence electrons. The molecule has 0 saturated heterocycles. The topological polar surface area (TPSA) is 60.9 Å². The van der Waals surface area contributed by atoms with Gasteiger partial charge in [-0.1, -0.05) is 12.1 Å². The van der Waals surface area contributed by atoms with E-state index in [-0.39, 0.29) is 6.61 Å². The molecule has 1 heterocycles. The lowest BCUT2D eigenvalue weighted by Crippen LogP contribution is -2.00. The first-order valence-electron chi connectivity index (χ1n) is 6.22. The Kier molecular flexibility index (Phi) is 4.36. The maximum Gasteiger partial charge on any atom is 0.103 e. The van der Waals surface area contributed by atoms with E-state index in [4.69, 9.17) is 5.11 Å². The Bertz CT molecular complexity index is 493. The fraction of sp³-hybridized carbons (Fsp3) is 0.357. The van der Waals surface area contributed by atoms with Gasteiger partial charge >= 0.3 is 0 Å². The molecule has 1 aromatic heterocycles. The maximum absolute atomic E-state index is 8.82. The maximum atomic E-state index is 8.82. The zero-order chi connectivity index (χ0) is 12.8. The molecule has 0 amide bonds. The van der Waals surface area contributed by atoms with Crippen molar-refractivity contribution in [2.45, 2.75) is 26.3 Å². The highest BCUT2D eigenvalue weighted by atomic mass is 16.2. The summed E-state index contributed by atoms with van der Waals surface area (Å²) in [5, 5.41) is 12.2. The van der Waals surface area contributed by atoms with Crippen molar-refractivity contribution in [1.82, 2.24) is 9.97 Å². The average molecular weight is 245 g/mol. The molecule has 0 unspecified atom stereocenters. The number of anilines is 1. The Morgan fingerprint density at radius 3 is 3.00 bits per heavy atom. The molecule has 3 N–H and O–H groups in total. The molecule has 1 aromatic carbocycles. The normalized spacial score (nSPS) is 10.6. The van der Waals surface area contributed by atoms with E-state index in [1.807, 2.05) is 25.3 Å². The van der Waals surface area contributed by atoms with Crippen LogP contribution in [0, 0.1) is 6.92 Å². The van der Waals surface area contributed by atoms with Gasteiger partial charge in [0, 0.05) is 12.3 Å². The largest absolute Gasteiger partial charge is 0.396 e. The van der Waals surface area contributed by atoms with Gasteiger partial charge in [-0.3, -0.25) is 0 Å². The summed E-state index contributed by atoms with van der Waals surface area (Å²) in [5.41, 5.74) is 3.42. The Balaban J connectivity index is 1.92. The molecule has 0 aliphatic heterocycles. The van der Waals surface area contributed by atoms with Crippen molar-refractivity contribution in [3.63, 3.8) is 0 Å². The first kappa shape index (κ1) is 12.6. The zero-order valence-corrected chi connectivity index (χ0v) is 10.6. The molecule has 0 spiro atoms. The van der Waals surface area contributed by atoms with E-state index in [0.29, 0.717) is 0 Å². The van der Waals surface area contributed by atoms with Crippen molar-refractivity contribution in [2.24, 2.45) is 0 Å². The van der Waals surface area contributed by atoms with Crippen LogP contribution in [0.2, 0.25) is 0 Å². The Hall–Kier alpha value is -1.81.